The van der Waals surface area contributed by atoms with E-state index in [4.69, 9.17) is 4.74 Å². The Morgan fingerprint density at radius 3 is 2.17 bits per heavy atom. The SMILES string of the molecule is CCCCCCCCCCCCN1CCOCC1c1ccccc1. The van der Waals surface area contributed by atoms with Crippen LogP contribution >= 0.6 is 0 Å². The number of hydrogen-bond donors (Lipinski definition) is 0. The predicted octanol–water partition coefficient (Wildman–Crippen LogP) is 5.98. The lowest BCUT2D eigenvalue weighted by Crippen LogP contribution is -2.40. The van der Waals surface area contributed by atoms with Crippen LogP contribution < -0.4 is 0 Å². The first-order chi connectivity index (χ1) is 11.9. The van der Waals surface area contributed by atoms with Crippen molar-refractivity contribution in [2.75, 3.05) is 26.3 Å². The van der Waals surface area contributed by atoms with Crippen LogP contribution in [0.3, 0.4) is 0 Å². The van der Waals surface area contributed by atoms with Crippen LogP contribution in [-0.2, 0) is 4.74 Å². The maximum Gasteiger partial charge on any atom is 0.0664 e. The topological polar surface area (TPSA) is 12.5 Å². The summed E-state index contributed by atoms with van der Waals surface area (Å²) in [5.74, 6) is 0. The van der Waals surface area contributed by atoms with Crippen LogP contribution in [0.2, 0.25) is 0 Å². The quantitative estimate of drug-likeness (QED) is 0.437. The van der Waals surface area contributed by atoms with Crippen molar-refractivity contribution in [3.63, 3.8) is 0 Å². The second-order valence-electron chi connectivity index (χ2n) is 7.22. The van der Waals surface area contributed by atoms with Gasteiger partial charge in [-0.05, 0) is 18.5 Å². The van der Waals surface area contributed by atoms with Crippen molar-refractivity contribution in [2.24, 2.45) is 0 Å². The van der Waals surface area contributed by atoms with E-state index < -0.39 is 0 Å². The molecular formula is C22H37NO. The Labute approximate surface area is 149 Å². The molecule has 0 spiro atoms. The van der Waals surface area contributed by atoms with Gasteiger partial charge in [0, 0.05) is 6.54 Å². The molecule has 136 valence electrons. The van der Waals surface area contributed by atoms with E-state index >= 15 is 0 Å². The number of rotatable bonds is 12. The van der Waals surface area contributed by atoms with E-state index in [2.05, 4.69) is 42.2 Å². The van der Waals surface area contributed by atoms with Gasteiger partial charge >= 0.3 is 0 Å². The molecule has 0 radical (unpaired) electrons. The summed E-state index contributed by atoms with van der Waals surface area (Å²) in [5.41, 5.74) is 1.41. The van der Waals surface area contributed by atoms with Gasteiger partial charge < -0.3 is 4.74 Å². The Balaban J connectivity index is 1.56. The van der Waals surface area contributed by atoms with E-state index in [-0.39, 0.29) is 0 Å². The van der Waals surface area contributed by atoms with Gasteiger partial charge in [0.1, 0.15) is 0 Å². The zero-order chi connectivity index (χ0) is 16.9. The summed E-state index contributed by atoms with van der Waals surface area (Å²) in [4.78, 5) is 2.63. The van der Waals surface area contributed by atoms with Crippen molar-refractivity contribution in [1.29, 1.82) is 0 Å². The predicted molar refractivity (Wildman–Crippen MR) is 103 cm³/mol. The number of morpholine rings is 1. The molecule has 1 saturated heterocycles. The minimum atomic E-state index is 0.457. The Morgan fingerprint density at radius 1 is 0.875 bits per heavy atom. The van der Waals surface area contributed by atoms with Crippen molar-refractivity contribution in [2.45, 2.75) is 77.2 Å². The molecule has 1 aliphatic rings. The fraction of sp³-hybridized carbons (Fsp3) is 0.727. The maximum atomic E-state index is 5.72. The molecule has 0 aliphatic carbocycles. The Kier molecular flexibility index (Phi) is 10.1. The van der Waals surface area contributed by atoms with Crippen LogP contribution in [0.4, 0.5) is 0 Å². The number of unbranched alkanes of at least 4 members (excludes halogenated alkanes) is 9. The number of nitrogens with zero attached hydrogens (tertiary/aromatic N) is 1. The zero-order valence-corrected chi connectivity index (χ0v) is 15.7. The summed E-state index contributed by atoms with van der Waals surface area (Å²) in [7, 11) is 0. The van der Waals surface area contributed by atoms with E-state index in [1.54, 1.807) is 0 Å². The van der Waals surface area contributed by atoms with Gasteiger partial charge in [0.15, 0.2) is 0 Å². The molecule has 1 fully saturated rings. The van der Waals surface area contributed by atoms with Gasteiger partial charge in [-0.25, -0.2) is 0 Å². The molecule has 0 saturated carbocycles. The average Bonchev–Trinajstić information content (AvgIpc) is 2.64. The van der Waals surface area contributed by atoms with Crippen molar-refractivity contribution >= 4 is 0 Å². The van der Waals surface area contributed by atoms with Gasteiger partial charge in [0.05, 0.1) is 19.3 Å². The lowest BCUT2D eigenvalue weighted by molar-refractivity contribution is -0.00911. The highest BCUT2D eigenvalue weighted by Gasteiger charge is 2.23. The Hall–Kier alpha value is -0.860. The monoisotopic (exact) mass is 331 g/mol. The smallest absolute Gasteiger partial charge is 0.0664 e. The van der Waals surface area contributed by atoms with Gasteiger partial charge in [-0.15, -0.1) is 0 Å². The zero-order valence-electron chi connectivity index (χ0n) is 15.7. The third-order valence-corrected chi connectivity index (χ3v) is 5.22. The molecule has 2 nitrogen and oxygen atoms in total. The van der Waals surface area contributed by atoms with Gasteiger partial charge in [-0.3, -0.25) is 4.90 Å². The third-order valence-electron chi connectivity index (χ3n) is 5.22. The molecule has 0 amide bonds. The molecule has 1 aromatic carbocycles. The molecule has 0 aromatic heterocycles. The fourth-order valence-corrected chi connectivity index (χ4v) is 3.69. The molecule has 2 heteroatoms. The Bertz CT molecular complexity index is 406. The van der Waals surface area contributed by atoms with Crippen LogP contribution in [0.5, 0.6) is 0 Å². The molecule has 0 N–H and O–H groups in total. The summed E-state index contributed by atoms with van der Waals surface area (Å²) >= 11 is 0. The maximum absolute atomic E-state index is 5.72. The van der Waals surface area contributed by atoms with E-state index in [1.807, 2.05) is 0 Å². The van der Waals surface area contributed by atoms with Gasteiger partial charge in [-0.2, -0.15) is 0 Å². The summed E-state index contributed by atoms with van der Waals surface area (Å²) in [6, 6.07) is 11.3. The average molecular weight is 332 g/mol. The van der Waals surface area contributed by atoms with Crippen molar-refractivity contribution < 1.29 is 4.74 Å². The lowest BCUT2D eigenvalue weighted by Gasteiger charge is -2.36. The molecule has 1 heterocycles. The standard InChI is InChI=1S/C22H37NO/c1-2-3-4-5-6-7-8-9-10-14-17-23-18-19-24-20-22(23)21-15-12-11-13-16-21/h11-13,15-16,22H,2-10,14,17-20H2,1H3. The highest BCUT2D eigenvalue weighted by Crippen LogP contribution is 2.24. The second kappa shape index (κ2) is 12.5. The van der Waals surface area contributed by atoms with Gasteiger partial charge in [-0.1, -0.05) is 95.0 Å². The molecule has 1 aromatic rings. The first-order valence-corrected chi connectivity index (χ1v) is 10.3. The molecule has 1 unspecified atom stereocenters. The van der Waals surface area contributed by atoms with Crippen LogP contribution in [0, 0.1) is 0 Å². The molecular weight excluding hydrogens is 294 g/mol. The number of ether oxygens (including phenoxy) is 1. The molecule has 1 atom stereocenters. The Morgan fingerprint density at radius 2 is 1.50 bits per heavy atom. The normalized spacial score (nSPS) is 18.8. The van der Waals surface area contributed by atoms with Crippen LogP contribution in [-0.4, -0.2) is 31.2 Å². The number of hydrogen-bond acceptors (Lipinski definition) is 2. The third kappa shape index (κ3) is 7.36. The lowest BCUT2D eigenvalue weighted by atomic mass is 10.0. The molecule has 0 bridgehead atoms. The summed E-state index contributed by atoms with van der Waals surface area (Å²) in [5, 5.41) is 0. The molecule has 2 rings (SSSR count). The minimum Gasteiger partial charge on any atom is -0.378 e. The van der Waals surface area contributed by atoms with E-state index in [9.17, 15) is 0 Å². The highest BCUT2D eigenvalue weighted by molar-refractivity contribution is 5.19. The van der Waals surface area contributed by atoms with Crippen LogP contribution in [0.25, 0.3) is 0 Å². The van der Waals surface area contributed by atoms with Crippen molar-refractivity contribution in [1.82, 2.24) is 4.90 Å². The molecule has 1 aliphatic heterocycles. The van der Waals surface area contributed by atoms with Crippen LogP contribution in [0.1, 0.15) is 82.7 Å². The van der Waals surface area contributed by atoms with E-state index in [0.29, 0.717) is 6.04 Å². The summed E-state index contributed by atoms with van der Waals surface area (Å²) in [6.45, 7) is 6.33. The largest absolute Gasteiger partial charge is 0.378 e. The van der Waals surface area contributed by atoms with Crippen molar-refractivity contribution in [3.8, 4) is 0 Å². The van der Waals surface area contributed by atoms with E-state index in [0.717, 1.165) is 19.8 Å². The first kappa shape index (κ1) is 19.5. The van der Waals surface area contributed by atoms with Gasteiger partial charge in [0.2, 0.25) is 0 Å². The van der Waals surface area contributed by atoms with Crippen LogP contribution in [0.15, 0.2) is 30.3 Å². The first-order valence-electron chi connectivity index (χ1n) is 10.3. The van der Waals surface area contributed by atoms with Gasteiger partial charge in [0.25, 0.3) is 0 Å². The minimum absolute atomic E-state index is 0.457. The fourth-order valence-electron chi connectivity index (χ4n) is 3.69. The summed E-state index contributed by atoms with van der Waals surface area (Å²) < 4.78 is 5.72. The van der Waals surface area contributed by atoms with Crippen molar-refractivity contribution in [3.05, 3.63) is 35.9 Å². The second-order valence-corrected chi connectivity index (χ2v) is 7.22. The van der Waals surface area contributed by atoms with E-state index in [1.165, 1.54) is 76.3 Å². The molecule has 24 heavy (non-hydrogen) atoms. The number of benzene rings is 1. The highest BCUT2D eigenvalue weighted by atomic mass is 16.5. The summed E-state index contributed by atoms with van der Waals surface area (Å²) in [6.07, 6.45) is 14.1.